The maximum absolute atomic E-state index is 11.0. The third-order valence-electron chi connectivity index (χ3n) is 2.46. The van der Waals surface area contributed by atoms with Crippen molar-refractivity contribution in [1.29, 1.82) is 0 Å². The SMILES string of the molecule is CNC(=O)Oc1ccc(N=C2SCCN2C)cc1. The Hall–Kier alpha value is -1.69. The maximum atomic E-state index is 11.0. The third kappa shape index (κ3) is 3.16. The summed E-state index contributed by atoms with van der Waals surface area (Å²) in [6.07, 6.45) is -0.472. The van der Waals surface area contributed by atoms with E-state index in [-0.39, 0.29) is 0 Å². The number of benzene rings is 1. The zero-order chi connectivity index (χ0) is 13.0. The first-order valence-electron chi connectivity index (χ1n) is 5.61. The van der Waals surface area contributed by atoms with Gasteiger partial charge < -0.3 is 15.0 Å². The van der Waals surface area contributed by atoms with Gasteiger partial charge in [0.15, 0.2) is 5.17 Å². The number of ether oxygens (including phenoxy) is 1. The minimum atomic E-state index is -0.472. The van der Waals surface area contributed by atoms with E-state index in [0.717, 1.165) is 23.2 Å². The van der Waals surface area contributed by atoms with Crippen LogP contribution in [0, 0.1) is 0 Å². The molecular formula is C12H15N3O2S. The number of hydrogen-bond acceptors (Lipinski definition) is 4. The van der Waals surface area contributed by atoms with Crippen LogP contribution in [0.2, 0.25) is 0 Å². The van der Waals surface area contributed by atoms with Crippen molar-refractivity contribution in [3.8, 4) is 5.75 Å². The lowest BCUT2D eigenvalue weighted by Gasteiger charge is -2.09. The molecule has 1 amide bonds. The third-order valence-corrected chi connectivity index (χ3v) is 3.51. The lowest BCUT2D eigenvalue weighted by molar-refractivity contribution is 0.203. The van der Waals surface area contributed by atoms with E-state index in [4.69, 9.17) is 4.74 Å². The topological polar surface area (TPSA) is 53.9 Å². The Balaban J connectivity index is 2.06. The van der Waals surface area contributed by atoms with Gasteiger partial charge in [-0.3, -0.25) is 0 Å². The first-order chi connectivity index (χ1) is 8.69. The summed E-state index contributed by atoms with van der Waals surface area (Å²) in [6, 6.07) is 7.12. The molecule has 0 aromatic heterocycles. The van der Waals surface area contributed by atoms with Crippen LogP contribution in [0.25, 0.3) is 0 Å². The predicted octanol–water partition coefficient (Wildman–Crippen LogP) is 2.07. The van der Waals surface area contributed by atoms with Crippen LogP contribution in [0.5, 0.6) is 5.75 Å². The molecule has 0 bridgehead atoms. The molecule has 6 heteroatoms. The van der Waals surface area contributed by atoms with Crippen LogP contribution in [0.3, 0.4) is 0 Å². The molecule has 1 fully saturated rings. The zero-order valence-corrected chi connectivity index (χ0v) is 11.2. The van der Waals surface area contributed by atoms with Crippen LogP contribution in [0.1, 0.15) is 0 Å². The van der Waals surface area contributed by atoms with E-state index in [1.165, 1.54) is 7.05 Å². The average molecular weight is 265 g/mol. The van der Waals surface area contributed by atoms with Crippen molar-refractivity contribution in [2.24, 2.45) is 4.99 Å². The van der Waals surface area contributed by atoms with Crippen molar-refractivity contribution in [2.75, 3.05) is 26.4 Å². The summed E-state index contributed by atoms with van der Waals surface area (Å²) in [5.74, 6) is 1.58. The van der Waals surface area contributed by atoms with E-state index in [0.29, 0.717) is 5.75 Å². The minimum Gasteiger partial charge on any atom is -0.410 e. The number of nitrogens with zero attached hydrogens (tertiary/aromatic N) is 2. The van der Waals surface area contributed by atoms with E-state index in [9.17, 15) is 4.79 Å². The lowest BCUT2D eigenvalue weighted by Crippen LogP contribution is -2.21. The predicted molar refractivity (Wildman–Crippen MR) is 73.7 cm³/mol. The molecule has 2 rings (SSSR count). The fraction of sp³-hybridized carbons (Fsp3) is 0.333. The fourth-order valence-electron chi connectivity index (χ4n) is 1.45. The molecule has 0 radical (unpaired) electrons. The Bertz CT molecular complexity index is 459. The fourth-order valence-corrected chi connectivity index (χ4v) is 2.48. The Labute approximate surface area is 110 Å². The highest BCUT2D eigenvalue weighted by Crippen LogP contribution is 2.23. The molecule has 1 saturated heterocycles. The van der Waals surface area contributed by atoms with Crippen molar-refractivity contribution in [2.45, 2.75) is 0 Å². The molecule has 0 unspecified atom stereocenters. The van der Waals surface area contributed by atoms with E-state index >= 15 is 0 Å². The number of nitrogens with one attached hydrogen (secondary N) is 1. The van der Waals surface area contributed by atoms with Gasteiger partial charge in [-0.1, -0.05) is 11.8 Å². The second-order valence-electron chi connectivity index (χ2n) is 3.80. The van der Waals surface area contributed by atoms with Gasteiger partial charge in [0.05, 0.1) is 5.69 Å². The van der Waals surface area contributed by atoms with E-state index in [1.807, 2.05) is 19.2 Å². The summed E-state index contributed by atoms with van der Waals surface area (Å²) in [6.45, 7) is 1.03. The molecule has 18 heavy (non-hydrogen) atoms. The number of amides is 1. The Morgan fingerprint density at radius 2 is 2.17 bits per heavy atom. The summed E-state index contributed by atoms with van der Waals surface area (Å²) in [7, 11) is 3.55. The summed E-state index contributed by atoms with van der Waals surface area (Å²) in [5.41, 5.74) is 0.857. The first kappa shape index (κ1) is 12.8. The van der Waals surface area contributed by atoms with Gasteiger partial charge in [-0.25, -0.2) is 9.79 Å². The maximum Gasteiger partial charge on any atom is 0.412 e. The average Bonchev–Trinajstić information content (AvgIpc) is 2.77. The van der Waals surface area contributed by atoms with Crippen molar-refractivity contribution in [1.82, 2.24) is 10.2 Å². The number of carbonyl (C=O) groups is 1. The van der Waals surface area contributed by atoms with Crippen LogP contribution in [0.15, 0.2) is 29.3 Å². The van der Waals surface area contributed by atoms with Gasteiger partial charge in [0.2, 0.25) is 0 Å². The Morgan fingerprint density at radius 1 is 1.44 bits per heavy atom. The smallest absolute Gasteiger partial charge is 0.410 e. The Kier molecular flexibility index (Phi) is 4.09. The molecule has 1 aliphatic rings. The molecule has 1 aliphatic heterocycles. The minimum absolute atomic E-state index is 0.472. The largest absolute Gasteiger partial charge is 0.412 e. The number of hydrogen-bond donors (Lipinski definition) is 1. The molecule has 96 valence electrons. The van der Waals surface area contributed by atoms with Gasteiger partial charge in [0, 0.05) is 26.4 Å². The van der Waals surface area contributed by atoms with Gasteiger partial charge >= 0.3 is 6.09 Å². The van der Waals surface area contributed by atoms with Gasteiger partial charge in [-0.2, -0.15) is 0 Å². The number of thioether (sulfide) groups is 1. The van der Waals surface area contributed by atoms with Crippen LogP contribution < -0.4 is 10.1 Å². The highest BCUT2D eigenvalue weighted by atomic mass is 32.2. The van der Waals surface area contributed by atoms with E-state index in [1.54, 1.807) is 23.9 Å². The molecule has 0 atom stereocenters. The van der Waals surface area contributed by atoms with E-state index in [2.05, 4.69) is 15.2 Å². The van der Waals surface area contributed by atoms with Gasteiger partial charge in [0.25, 0.3) is 0 Å². The molecular weight excluding hydrogens is 250 g/mol. The number of amidine groups is 1. The summed E-state index contributed by atoms with van der Waals surface area (Å²) in [5, 5.41) is 3.42. The number of aliphatic imine (C=N–C) groups is 1. The van der Waals surface area contributed by atoms with Crippen LogP contribution >= 0.6 is 11.8 Å². The van der Waals surface area contributed by atoms with Crippen LogP contribution in [-0.4, -0.2) is 42.6 Å². The summed E-state index contributed by atoms with van der Waals surface area (Å²) < 4.78 is 5.00. The molecule has 1 aromatic carbocycles. The highest BCUT2D eigenvalue weighted by molar-refractivity contribution is 8.14. The molecule has 0 aliphatic carbocycles. The van der Waals surface area contributed by atoms with Crippen molar-refractivity contribution in [3.05, 3.63) is 24.3 Å². The number of rotatable bonds is 2. The van der Waals surface area contributed by atoms with Crippen LogP contribution in [0.4, 0.5) is 10.5 Å². The van der Waals surface area contributed by atoms with Gasteiger partial charge in [-0.15, -0.1) is 0 Å². The normalized spacial score (nSPS) is 17.0. The standard InChI is InChI=1S/C12H15N3O2S/c1-13-12(16)17-10-5-3-9(4-6-10)14-11-15(2)7-8-18-11/h3-6H,7-8H2,1-2H3,(H,13,16). The number of carbonyl (C=O) groups excluding carboxylic acids is 1. The van der Waals surface area contributed by atoms with Gasteiger partial charge in [0.1, 0.15) is 5.75 Å². The summed E-state index contributed by atoms with van der Waals surface area (Å²) in [4.78, 5) is 17.7. The molecule has 1 N–H and O–H groups in total. The zero-order valence-electron chi connectivity index (χ0n) is 10.3. The summed E-state index contributed by atoms with van der Waals surface area (Å²) >= 11 is 1.74. The molecule has 0 saturated carbocycles. The molecule has 0 spiro atoms. The second-order valence-corrected chi connectivity index (χ2v) is 4.86. The van der Waals surface area contributed by atoms with Crippen LogP contribution in [-0.2, 0) is 0 Å². The quantitative estimate of drug-likeness (QED) is 0.889. The first-order valence-corrected chi connectivity index (χ1v) is 6.60. The van der Waals surface area contributed by atoms with Crippen molar-refractivity contribution in [3.63, 3.8) is 0 Å². The van der Waals surface area contributed by atoms with E-state index < -0.39 is 6.09 Å². The van der Waals surface area contributed by atoms with Gasteiger partial charge in [-0.05, 0) is 24.3 Å². The van der Waals surface area contributed by atoms with Crippen molar-refractivity contribution >= 4 is 28.7 Å². The molecule has 1 aromatic rings. The molecule has 1 heterocycles. The Morgan fingerprint density at radius 3 is 2.72 bits per heavy atom. The second kappa shape index (κ2) is 5.77. The highest BCUT2D eigenvalue weighted by Gasteiger charge is 2.14. The molecule has 5 nitrogen and oxygen atoms in total. The lowest BCUT2D eigenvalue weighted by atomic mass is 10.3. The monoisotopic (exact) mass is 265 g/mol. The van der Waals surface area contributed by atoms with Crippen molar-refractivity contribution < 1.29 is 9.53 Å².